The molecular weight excluding hydrogens is 376 g/mol. The maximum absolute atomic E-state index is 5.86. The molecule has 1 aliphatic carbocycles. The van der Waals surface area contributed by atoms with Gasteiger partial charge in [-0.2, -0.15) is 0 Å². The standard InChI is InChI=1S/C24H26N4S/c1-17-8-6-11-19(16-17)27-15-7-13-21(27)23-22(20-12-4-5-14-25-20)26-24(29)28(23)18-9-2-3-10-18/h4-8,11-16,18,22-23H,2-3,9-10H2,1H3,(H,26,29)/t22-,23+/m1/s1. The van der Waals surface area contributed by atoms with Gasteiger partial charge >= 0.3 is 0 Å². The normalized spacial score (nSPS) is 22.2. The number of hydrogen-bond donors (Lipinski definition) is 1. The molecule has 1 saturated carbocycles. The van der Waals surface area contributed by atoms with E-state index in [0.717, 1.165) is 10.8 Å². The van der Waals surface area contributed by atoms with Gasteiger partial charge in [0.25, 0.3) is 0 Å². The Labute approximate surface area is 177 Å². The van der Waals surface area contributed by atoms with Crippen LogP contribution in [0.15, 0.2) is 67.0 Å². The van der Waals surface area contributed by atoms with Gasteiger partial charge in [-0.3, -0.25) is 4.98 Å². The lowest BCUT2D eigenvalue weighted by molar-refractivity contribution is 0.239. The average molecular weight is 403 g/mol. The van der Waals surface area contributed by atoms with Crippen molar-refractivity contribution in [2.45, 2.75) is 50.7 Å². The van der Waals surface area contributed by atoms with Gasteiger partial charge in [-0.05, 0) is 73.9 Å². The fraction of sp³-hybridized carbons (Fsp3) is 0.333. The van der Waals surface area contributed by atoms with Crippen LogP contribution in [0.3, 0.4) is 0 Å². The maximum atomic E-state index is 5.86. The Hall–Kier alpha value is -2.66. The first-order valence-electron chi connectivity index (χ1n) is 10.5. The highest BCUT2D eigenvalue weighted by Crippen LogP contribution is 2.43. The minimum atomic E-state index is 0.0442. The first kappa shape index (κ1) is 18.4. The number of nitrogens with zero attached hydrogens (tertiary/aromatic N) is 3. The molecule has 5 rings (SSSR count). The van der Waals surface area contributed by atoms with Crippen LogP contribution in [0.1, 0.15) is 54.7 Å². The molecule has 2 aromatic heterocycles. The lowest BCUT2D eigenvalue weighted by Crippen LogP contribution is -2.38. The molecule has 29 heavy (non-hydrogen) atoms. The van der Waals surface area contributed by atoms with Gasteiger partial charge in [0.1, 0.15) is 0 Å². The van der Waals surface area contributed by atoms with Crippen LogP contribution >= 0.6 is 12.2 Å². The molecule has 3 aromatic rings. The highest BCUT2D eigenvalue weighted by Gasteiger charge is 2.44. The summed E-state index contributed by atoms with van der Waals surface area (Å²) in [5.41, 5.74) is 4.74. The van der Waals surface area contributed by atoms with E-state index in [1.165, 1.54) is 42.6 Å². The molecule has 2 atom stereocenters. The van der Waals surface area contributed by atoms with Crippen molar-refractivity contribution in [3.05, 3.63) is 83.9 Å². The Morgan fingerprint density at radius 2 is 1.90 bits per heavy atom. The third kappa shape index (κ3) is 3.33. The van der Waals surface area contributed by atoms with Crippen molar-refractivity contribution in [3.8, 4) is 5.69 Å². The number of hydrogen-bond acceptors (Lipinski definition) is 2. The van der Waals surface area contributed by atoms with Crippen LogP contribution in [0.2, 0.25) is 0 Å². The van der Waals surface area contributed by atoms with Gasteiger partial charge in [-0.25, -0.2) is 0 Å². The first-order valence-corrected chi connectivity index (χ1v) is 10.9. The second kappa shape index (κ2) is 7.64. The van der Waals surface area contributed by atoms with E-state index in [9.17, 15) is 0 Å². The fourth-order valence-corrected chi connectivity index (χ4v) is 5.30. The largest absolute Gasteiger partial charge is 0.352 e. The third-order valence-corrected chi connectivity index (χ3v) is 6.55. The molecule has 0 amide bonds. The monoisotopic (exact) mass is 402 g/mol. The molecule has 4 nitrogen and oxygen atoms in total. The number of nitrogens with one attached hydrogen (secondary N) is 1. The van der Waals surface area contributed by atoms with Crippen LogP contribution in [0.5, 0.6) is 0 Å². The Morgan fingerprint density at radius 1 is 1.03 bits per heavy atom. The topological polar surface area (TPSA) is 33.1 Å². The van der Waals surface area contributed by atoms with Crippen molar-refractivity contribution in [2.75, 3.05) is 0 Å². The summed E-state index contributed by atoms with van der Waals surface area (Å²) in [5.74, 6) is 0. The van der Waals surface area contributed by atoms with Gasteiger partial charge in [-0.15, -0.1) is 0 Å². The molecule has 0 spiro atoms. The number of aromatic nitrogens is 2. The number of aryl methyl sites for hydroxylation is 1. The summed E-state index contributed by atoms with van der Waals surface area (Å²) >= 11 is 5.86. The van der Waals surface area contributed by atoms with Gasteiger partial charge in [0.2, 0.25) is 0 Å². The van der Waals surface area contributed by atoms with Gasteiger partial charge in [0.05, 0.1) is 17.8 Å². The molecule has 0 unspecified atom stereocenters. The van der Waals surface area contributed by atoms with E-state index in [1.54, 1.807) is 0 Å². The Morgan fingerprint density at radius 3 is 2.66 bits per heavy atom. The summed E-state index contributed by atoms with van der Waals surface area (Å²) in [6, 6.07) is 19.8. The zero-order valence-electron chi connectivity index (χ0n) is 16.7. The molecule has 1 saturated heterocycles. The summed E-state index contributed by atoms with van der Waals surface area (Å²) in [6.07, 6.45) is 9.01. The van der Waals surface area contributed by atoms with Crippen LogP contribution < -0.4 is 5.32 Å². The van der Waals surface area contributed by atoms with Gasteiger partial charge in [0.15, 0.2) is 5.11 Å². The van der Waals surface area contributed by atoms with Crippen LogP contribution in [-0.4, -0.2) is 25.6 Å². The minimum Gasteiger partial charge on any atom is -0.352 e. The molecule has 0 bridgehead atoms. The second-order valence-corrected chi connectivity index (χ2v) is 8.50. The molecule has 1 aromatic carbocycles. The molecule has 1 N–H and O–H groups in total. The highest BCUT2D eigenvalue weighted by atomic mass is 32.1. The van der Waals surface area contributed by atoms with E-state index < -0.39 is 0 Å². The van der Waals surface area contributed by atoms with Gasteiger partial charge in [-0.1, -0.05) is 31.0 Å². The minimum absolute atomic E-state index is 0.0442. The van der Waals surface area contributed by atoms with Crippen LogP contribution in [0.4, 0.5) is 0 Å². The molecule has 1 aliphatic heterocycles. The van der Waals surface area contributed by atoms with Crippen LogP contribution in [-0.2, 0) is 0 Å². The van der Waals surface area contributed by atoms with E-state index in [4.69, 9.17) is 12.2 Å². The number of benzene rings is 1. The average Bonchev–Trinajstić information content (AvgIpc) is 3.48. The summed E-state index contributed by atoms with van der Waals surface area (Å²) in [6.45, 7) is 2.14. The predicted octanol–water partition coefficient (Wildman–Crippen LogP) is 5.10. The molecule has 2 fully saturated rings. The Kier molecular flexibility index (Phi) is 4.84. The van der Waals surface area contributed by atoms with Crippen molar-refractivity contribution < 1.29 is 0 Å². The fourth-order valence-electron chi connectivity index (χ4n) is 4.91. The zero-order valence-corrected chi connectivity index (χ0v) is 17.5. The lowest BCUT2D eigenvalue weighted by atomic mass is 9.99. The van der Waals surface area contributed by atoms with E-state index >= 15 is 0 Å². The second-order valence-electron chi connectivity index (χ2n) is 8.11. The number of thiocarbonyl (C=S) groups is 1. The van der Waals surface area contributed by atoms with Crippen LogP contribution in [0.25, 0.3) is 5.69 Å². The van der Waals surface area contributed by atoms with E-state index in [0.29, 0.717) is 6.04 Å². The molecule has 2 aliphatic rings. The van der Waals surface area contributed by atoms with Crippen molar-refractivity contribution >= 4 is 17.3 Å². The predicted molar refractivity (Wildman–Crippen MR) is 120 cm³/mol. The Balaban J connectivity index is 1.62. The van der Waals surface area contributed by atoms with E-state index in [2.05, 4.69) is 81.4 Å². The third-order valence-electron chi connectivity index (χ3n) is 6.22. The Bertz CT molecular complexity index is 1010. The summed E-state index contributed by atoms with van der Waals surface area (Å²) in [7, 11) is 0. The SMILES string of the molecule is Cc1cccc(-n2cccc2[C@H]2[C@@H](c3ccccn3)NC(=S)N2C2CCCC2)c1. The molecule has 5 heteroatoms. The summed E-state index contributed by atoms with van der Waals surface area (Å²) in [5, 5.41) is 4.46. The smallest absolute Gasteiger partial charge is 0.170 e. The quantitative estimate of drug-likeness (QED) is 0.616. The first-order chi connectivity index (χ1) is 14.2. The highest BCUT2D eigenvalue weighted by molar-refractivity contribution is 7.80. The molecule has 3 heterocycles. The number of pyridine rings is 1. The molecular formula is C24H26N4S. The van der Waals surface area contributed by atoms with Crippen LogP contribution in [0, 0.1) is 6.92 Å². The molecule has 0 radical (unpaired) electrons. The zero-order chi connectivity index (χ0) is 19.8. The van der Waals surface area contributed by atoms with Gasteiger partial charge in [0, 0.05) is 29.8 Å². The van der Waals surface area contributed by atoms with Crippen molar-refractivity contribution in [3.63, 3.8) is 0 Å². The van der Waals surface area contributed by atoms with Crippen molar-refractivity contribution in [2.24, 2.45) is 0 Å². The summed E-state index contributed by atoms with van der Waals surface area (Å²) in [4.78, 5) is 7.14. The maximum Gasteiger partial charge on any atom is 0.170 e. The number of rotatable bonds is 4. The van der Waals surface area contributed by atoms with Crippen molar-refractivity contribution in [1.82, 2.24) is 19.8 Å². The van der Waals surface area contributed by atoms with Crippen molar-refractivity contribution in [1.29, 1.82) is 0 Å². The van der Waals surface area contributed by atoms with E-state index in [-0.39, 0.29) is 12.1 Å². The summed E-state index contributed by atoms with van der Waals surface area (Å²) < 4.78 is 2.31. The lowest BCUT2D eigenvalue weighted by Gasteiger charge is -2.33. The van der Waals surface area contributed by atoms with Gasteiger partial charge < -0.3 is 14.8 Å². The van der Waals surface area contributed by atoms with E-state index in [1.807, 2.05) is 12.3 Å². The molecule has 148 valence electrons.